The zero-order valence-corrected chi connectivity index (χ0v) is 14.9. The van der Waals surface area contributed by atoms with Gasteiger partial charge in [0.2, 0.25) is 0 Å². The van der Waals surface area contributed by atoms with E-state index >= 15 is 0 Å². The summed E-state index contributed by atoms with van der Waals surface area (Å²) in [5, 5.41) is 0.497. The molecule has 0 amide bonds. The topological polar surface area (TPSA) is 60.9 Å². The number of halogens is 1. The fraction of sp³-hybridized carbons (Fsp3) is 0.222. The van der Waals surface area contributed by atoms with E-state index in [0.29, 0.717) is 16.7 Å². The van der Waals surface area contributed by atoms with Crippen LogP contribution in [0.25, 0.3) is 22.3 Å². The summed E-state index contributed by atoms with van der Waals surface area (Å²) in [7, 11) is 0. The fourth-order valence-corrected chi connectivity index (χ4v) is 2.85. The van der Waals surface area contributed by atoms with Crippen molar-refractivity contribution in [3.63, 3.8) is 0 Å². The van der Waals surface area contributed by atoms with Gasteiger partial charge in [-0.05, 0) is 29.2 Å². The van der Waals surface area contributed by atoms with Crippen molar-refractivity contribution < 1.29 is 0 Å². The molecule has 118 valence electrons. The first-order chi connectivity index (χ1) is 10.8. The minimum atomic E-state index is -0.258. The molecule has 1 heterocycles. The molecule has 2 aromatic carbocycles. The fourth-order valence-electron chi connectivity index (χ4n) is 2.49. The quantitative estimate of drug-likeness (QED) is 0.661. The van der Waals surface area contributed by atoms with E-state index in [-0.39, 0.29) is 11.0 Å². The molecule has 0 aliphatic rings. The van der Waals surface area contributed by atoms with Gasteiger partial charge in [-0.2, -0.15) is 0 Å². The Kier molecular flexibility index (Phi) is 3.76. The van der Waals surface area contributed by atoms with Crippen LogP contribution in [0.3, 0.4) is 0 Å². The Balaban J connectivity index is 2.19. The number of rotatable bonds is 1. The molecule has 0 aliphatic heterocycles. The van der Waals surface area contributed by atoms with Crippen molar-refractivity contribution in [1.29, 1.82) is 0 Å². The van der Waals surface area contributed by atoms with E-state index in [1.54, 1.807) is 6.07 Å². The van der Waals surface area contributed by atoms with Crippen LogP contribution in [-0.4, -0.2) is 9.66 Å². The molecule has 2 N–H and O–H groups in total. The van der Waals surface area contributed by atoms with Crippen molar-refractivity contribution >= 4 is 26.8 Å². The summed E-state index contributed by atoms with van der Waals surface area (Å²) < 4.78 is 1.94. The second-order valence-electron chi connectivity index (χ2n) is 6.60. The first-order valence-corrected chi connectivity index (χ1v) is 8.15. The van der Waals surface area contributed by atoms with E-state index in [0.717, 1.165) is 14.7 Å². The van der Waals surface area contributed by atoms with Crippen LogP contribution in [0.5, 0.6) is 0 Å². The maximum absolute atomic E-state index is 12.5. The molecule has 3 aromatic rings. The molecule has 1 aromatic heterocycles. The molecule has 0 saturated heterocycles. The molecule has 0 spiro atoms. The predicted octanol–water partition coefficient (Wildman–Crippen LogP) is 3.84. The van der Waals surface area contributed by atoms with Crippen LogP contribution in [0.2, 0.25) is 0 Å². The summed E-state index contributed by atoms with van der Waals surface area (Å²) >= 11 is 3.36. The van der Waals surface area contributed by atoms with Crippen LogP contribution in [0.15, 0.2) is 51.7 Å². The Morgan fingerprint density at radius 1 is 1.09 bits per heavy atom. The average Bonchev–Trinajstić information content (AvgIpc) is 2.51. The summed E-state index contributed by atoms with van der Waals surface area (Å²) in [6.07, 6.45) is 0. The third-order valence-electron chi connectivity index (χ3n) is 3.87. The molecule has 5 heteroatoms. The number of nitrogen functional groups attached to an aromatic ring is 1. The summed E-state index contributed by atoms with van der Waals surface area (Å²) in [5.74, 6) is 6.44. The number of hydrogen-bond donors (Lipinski definition) is 1. The van der Waals surface area contributed by atoms with Crippen LogP contribution in [0.1, 0.15) is 26.3 Å². The van der Waals surface area contributed by atoms with Gasteiger partial charge in [-0.3, -0.25) is 4.79 Å². The van der Waals surface area contributed by atoms with Gasteiger partial charge in [0.1, 0.15) is 0 Å². The molecule has 0 bridgehead atoms. The number of aromatic nitrogens is 2. The van der Waals surface area contributed by atoms with E-state index in [4.69, 9.17) is 5.84 Å². The van der Waals surface area contributed by atoms with E-state index in [1.165, 1.54) is 5.56 Å². The van der Waals surface area contributed by atoms with Gasteiger partial charge in [0.15, 0.2) is 5.82 Å². The third-order valence-corrected chi connectivity index (χ3v) is 4.36. The molecule has 0 aliphatic carbocycles. The van der Waals surface area contributed by atoms with Gasteiger partial charge in [-0.15, -0.1) is 0 Å². The highest BCUT2D eigenvalue weighted by atomic mass is 79.9. The lowest BCUT2D eigenvalue weighted by molar-refractivity contribution is 0.590. The molecular weight excluding hydrogens is 354 g/mol. The van der Waals surface area contributed by atoms with Crippen LogP contribution < -0.4 is 11.4 Å². The molecule has 0 unspecified atom stereocenters. The van der Waals surface area contributed by atoms with Gasteiger partial charge in [-0.25, -0.2) is 9.66 Å². The lowest BCUT2D eigenvalue weighted by Gasteiger charge is -2.19. The molecule has 0 saturated carbocycles. The lowest BCUT2D eigenvalue weighted by atomic mass is 9.86. The summed E-state index contributed by atoms with van der Waals surface area (Å²) in [6, 6.07) is 13.4. The van der Waals surface area contributed by atoms with Crippen LogP contribution >= 0.6 is 15.9 Å². The summed E-state index contributed by atoms with van der Waals surface area (Å²) in [4.78, 5) is 17.0. The normalized spacial score (nSPS) is 11.8. The molecule has 4 nitrogen and oxygen atoms in total. The van der Waals surface area contributed by atoms with Crippen molar-refractivity contribution in [3.05, 3.63) is 62.9 Å². The Bertz CT molecular complexity index is 937. The Morgan fingerprint density at radius 2 is 1.74 bits per heavy atom. The summed E-state index contributed by atoms with van der Waals surface area (Å²) in [6.45, 7) is 6.48. The zero-order chi connectivity index (χ0) is 16.8. The molecule has 0 fully saturated rings. The monoisotopic (exact) mass is 371 g/mol. The highest BCUT2D eigenvalue weighted by Crippen LogP contribution is 2.25. The average molecular weight is 372 g/mol. The van der Waals surface area contributed by atoms with Crippen LogP contribution in [0, 0.1) is 0 Å². The van der Waals surface area contributed by atoms with Crippen molar-refractivity contribution in [3.8, 4) is 11.4 Å². The lowest BCUT2D eigenvalue weighted by Crippen LogP contribution is -2.29. The molecule has 3 rings (SSSR count). The van der Waals surface area contributed by atoms with E-state index in [9.17, 15) is 4.79 Å². The maximum atomic E-state index is 12.5. The van der Waals surface area contributed by atoms with E-state index < -0.39 is 0 Å². The van der Waals surface area contributed by atoms with Gasteiger partial charge < -0.3 is 5.84 Å². The first-order valence-electron chi connectivity index (χ1n) is 7.36. The van der Waals surface area contributed by atoms with Gasteiger partial charge in [0.25, 0.3) is 5.56 Å². The second-order valence-corrected chi connectivity index (χ2v) is 7.52. The number of benzene rings is 2. The van der Waals surface area contributed by atoms with Crippen molar-refractivity contribution in [2.75, 3.05) is 5.84 Å². The van der Waals surface area contributed by atoms with E-state index in [2.05, 4.69) is 41.7 Å². The van der Waals surface area contributed by atoms with Crippen LogP contribution in [-0.2, 0) is 5.41 Å². The van der Waals surface area contributed by atoms with Gasteiger partial charge in [0.05, 0.1) is 10.9 Å². The van der Waals surface area contributed by atoms with Crippen molar-refractivity contribution in [2.24, 2.45) is 0 Å². The standard InChI is InChI=1S/C18H18BrN3O/c1-18(2,3)12-6-4-11(5-7-12)16-21-15-9-8-13(19)10-14(15)17(23)22(16)20/h4-10H,20H2,1-3H3. The minimum Gasteiger partial charge on any atom is -0.334 e. The minimum absolute atomic E-state index is 0.0734. The second kappa shape index (κ2) is 5.49. The Morgan fingerprint density at radius 3 is 2.35 bits per heavy atom. The maximum Gasteiger partial charge on any atom is 0.280 e. The number of fused-ring (bicyclic) bond motifs is 1. The highest BCUT2D eigenvalue weighted by molar-refractivity contribution is 9.10. The molecule has 23 heavy (non-hydrogen) atoms. The largest absolute Gasteiger partial charge is 0.334 e. The number of nitrogens with zero attached hydrogens (tertiary/aromatic N) is 2. The van der Waals surface area contributed by atoms with E-state index in [1.807, 2.05) is 36.4 Å². The molecule has 0 radical (unpaired) electrons. The van der Waals surface area contributed by atoms with Gasteiger partial charge in [-0.1, -0.05) is 61.0 Å². The number of hydrogen-bond acceptors (Lipinski definition) is 3. The first kappa shape index (κ1) is 15.7. The predicted molar refractivity (Wildman–Crippen MR) is 98.0 cm³/mol. The zero-order valence-electron chi connectivity index (χ0n) is 13.3. The van der Waals surface area contributed by atoms with Crippen molar-refractivity contribution in [2.45, 2.75) is 26.2 Å². The summed E-state index contributed by atoms with van der Waals surface area (Å²) in [5.41, 5.74) is 2.49. The third kappa shape index (κ3) is 2.88. The molecular formula is C18H18BrN3O. The highest BCUT2D eigenvalue weighted by Gasteiger charge is 2.15. The van der Waals surface area contributed by atoms with Gasteiger partial charge >= 0.3 is 0 Å². The van der Waals surface area contributed by atoms with Gasteiger partial charge in [0, 0.05) is 10.0 Å². The number of nitrogens with two attached hydrogens (primary N) is 1. The Hall–Kier alpha value is -2.14. The SMILES string of the molecule is CC(C)(C)c1ccc(-c2nc3ccc(Br)cc3c(=O)n2N)cc1. The smallest absolute Gasteiger partial charge is 0.280 e. The molecule has 0 atom stereocenters. The van der Waals surface area contributed by atoms with Crippen molar-refractivity contribution in [1.82, 2.24) is 9.66 Å². The Labute approximate surface area is 143 Å². The van der Waals surface area contributed by atoms with Crippen LogP contribution in [0.4, 0.5) is 0 Å².